The predicted molar refractivity (Wildman–Crippen MR) is 88.3 cm³/mol. The van der Waals surface area contributed by atoms with E-state index >= 15 is 0 Å². The molecule has 0 spiro atoms. The maximum absolute atomic E-state index is 11.4. The second-order valence-corrected chi connectivity index (χ2v) is 6.82. The van der Waals surface area contributed by atoms with Crippen molar-refractivity contribution in [3.05, 3.63) is 71.3 Å². The number of aliphatic imine (C=N–C) groups is 1. The van der Waals surface area contributed by atoms with Gasteiger partial charge in [-0.05, 0) is 30.2 Å². The summed E-state index contributed by atoms with van der Waals surface area (Å²) in [5, 5.41) is 5.14. The van der Waals surface area contributed by atoms with E-state index in [1.54, 1.807) is 12.1 Å². The van der Waals surface area contributed by atoms with Gasteiger partial charge in [-0.3, -0.25) is 4.99 Å². The number of hydrogen-bond donors (Lipinski definition) is 1. The van der Waals surface area contributed by atoms with Crippen LogP contribution in [-0.2, 0) is 10.0 Å². The molecule has 0 aromatic heterocycles. The fourth-order valence-electron chi connectivity index (χ4n) is 2.58. The molecule has 5 heteroatoms. The largest absolute Gasteiger partial charge is 0.280 e. The zero-order chi connectivity index (χ0) is 15.7. The van der Waals surface area contributed by atoms with Gasteiger partial charge in [0.2, 0.25) is 10.0 Å². The van der Waals surface area contributed by atoms with Crippen LogP contribution >= 0.6 is 0 Å². The van der Waals surface area contributed by atoms with Crippen molar-refractivity contribution < 1.29 is 8.42 Å². The molecule has 1 aliphatic rings. The minimum atomic E-state index is -3.67. The van der Waals surface area contributed by atoms with Crippen LogP contribution in [0.25, 0.3) is 5.57 Å². The smallest absolute Gasteiger partial charge is 0.238 e. The Hall–Kier alpha value is -2.24. The molecule has 0 aliphatic carbocycles. The molecular formula is C17H16N2O2S. The van der Waals surface area contributed by atoms with Gasteiger partial charge in [0.25, 0.3) is 0 Å². The van der Waals surface area contributed by atoms with Gasteiger partial charge in [-0.1, -0.05) is 42.5 Å². The van der Waals surface area contributed by atoms with Crippen LogP contribution in [0.15, 0.2) is 70.1 Å². The van der Waals surface area contributed by atoms with Crippen LogP contribution < -0.4 is 5.14 Å². The van der Waals surface area contributed by atoms with Gasteiger partial charge in [-0.15, -0.1) is 0 Å². The van der Waals surface area contributed by atoms with E-state index in [0.717, 1.165) is 22.4 Å². The molecule has 0 amide bonds. The van der Waals surface area contributed by atoms with Crippen molar-refractivity contribution in [1.82, 2.24) is 0 Å². The lowest BCUT2D eigenvalue weighted by Gasteiger charge is -2.10. The molecule has 1 heterocycles. The van der Waals surface area contributed by atoms with Crippen molar-refractivity contribution in [1.29, 1.82) is 0 Å². The summed E-state index contributed by atoms with van der Waals surface area (Å²) in [5.74, 6) is 0. The van der Waals surface area contributed by atoms with Crippen LogP contribution in [0.5, 0.6) is 0 Å². The molecule has 0 unspecified atom stereocenters. The van der Waals surface area contributed by atoms with Gasteiger partial charge in [-0.2, -0.15) is 0 Å². The third kappa shape index (κ3) is 2.73. The molecule has 0 radical (unpaired) electrons. The Morgan fingerprint density at radius 3 is 2.18 bits per heavy atom. The number of rotatable bonds is 3. The molecular weight excluding hydrogens is 296 g/mol. The highest BCUT2D eigenvalue weighted by atomic mass is 32.2. The molecule has 2 aromatic rings. The first kappa shape index (κ1) is 14.7. The van der Waals surface area contributed by atoms with Crippen LogP contribution in [-0.4, -0.2) is 20.7 Å². The van der Waals surface area contributed by atoms with Gasteiger partial charge in [0.05, 0.1) is 17.2 Å². The molecule has 0 atom stereocenters. The first-order valence-electron chi connectivity index (χ1n) is 6.90. The summed E-state index contributed by atoms with van der Waals surface area (Å²) in [6.45, 7) is 2.71. The Morgan fingerprint density at radius 1 is 0.955 bits per heavy atom. The molecule has 22 heavy (non-hydrogen) atoms. The molecule has 0 fully saturated rings. The maximum atomic E-state index is 11.4. The number of nitrogens with zero attached hydrogens (tertiary/aromatic N) is 1. The fourth-order valence-corrected chi connectivity index (χ4v) is 3.10. The molecule has 2 N–H and O–H groups in total. The summed E-state index contributed by atoms with van der Waals surface area (Å²) in [4.78, 5) is 4.73. The Bertz CT molecular complexity index is 865. The zero-order valence-electron chi connectivity index (χ0n) is 12.2. The zero-order valence-corrected chi connectivity index (χ0v) is 13.0. The average molecular weight is 312 g/mol. The summed E-state index contributed by atoms with van der Waals surface area (Å²) in [5.41, 5.74) is 5.19. The maximum Gasteiger partial charge on any atom is 0.238 e. The van der Waals surface area contributed by atoms with E-state index in [9.17, 15) is 8.42 Å². The van der Waals surface area contributed by atoms with Crippen molar-refractivity contribution in [2.24, 2.45) is 10.1 Å². The topological polar surface area (TPSA) is 72.5 Å². The summed E-state index contributed by atoms with van der Waals surface area (Å²) in [6.07, 6.45) is 0. The number of primary sulfonamides is 1. The molecule has 0 saturated heterocycles. The first-order valence-corrected chi connectivity index (χ1v) is 8.44. The molecule has 112 valence electrons. The van der Waals surface area contributed by atoms with E-state index in [1.807, 2.05) is 37.3 Å². The Balaban J connectivity index is 2.03. The number of benzene rings is 2. The summed E-state index contributed by atoms with van der Waals surface area (Å²) in [7, 11) is -3.67. The Morgan fingerprint density at radius 2 is 1.59 bits per heavy atom. The van der Waals surface area contributed by atoms with E-state index in [4.69, 9.17) is 5.14 Å². The SMILES string of the molecule is CC1=C(c2ccc(S(N)(=O)=O)cc2)C(c2ccccc2)=NC1. The lowest BCUT2D eigenvalue weighted by Crippen LogP contribution is -2.12. The van der Waals surface area contributed by atoms with Crippen molar-refractivity contribution in [2.75, 3.05) is 6.54 Å². The number of hydrogen-bond acceptors (Lipinski definition) is 3. The van der Waals surface area contributed by atoms with Crippen LogP contribution in [0.4, 0.5) is 0 Å². The standard InChI is InChI=1S/C17H16N2O2S/c1-12-11-19-17(14-5-3-2-4-6-14)16(12)13-7-9-15(10-8-13)22(18,20)21/h2-10H,11H2,1H3,(H2,18,20,21). The molecule has 0 bridgehead atoms. The van der Waals surface area contributed by atoms with Crippen LogP contribution in [0.1, 0.15) is 18.1 Å². The second-order valence-electron chi connectivity index (χ2n) is 5.26. The van der Waals surface area contributed by atoms with Crippen molar-refractivity contribution >= 4 is 21.3 Å². The van der Waals surface area contributed by atoms with Crippen LogP contribution in [0, 0.1) is 0 Å². The summed E-state index contributed by atoms with van der Waals surface area (Å²) in [6, 6.07) is 16.6. The van der Waals surface area contributed by atoms with Crippen LogP contribution in [0.3, 0.4) is 0 Å². The van der Waals surface area contributed by atoms with E-state index in [-0.39, 0.29) is 4.90 Å². The van der Waals surface area contributed by atoms with E-state index in [0.29, 0.717) is 6.54 Å². The van der Waals surface area contributed by atoms with Crippen molar-refractivity contribution in [3.8, 4) is 0 Å². The fraction of sp³-hybridized carbons (Fsp3) is 0.118. The highest BCUT2D eigenvalue weighted by Crippen LogP contribution is 2.29. The highest BCUT2D eigenvalue weighted by Gasteiger charge is 2.20. The van der Waals surface area contributed by atoms with Gasteiger partial charge in [0.15, 0.2) is 0 Å². The monoisotopic (exact) mass is 312 g/mol. The average Bonchev–Trinajstić information content (AvgIpc) is 2.89. The predicted octanol–water partition coefficient (Wildman–Crippen LogP) is 2.61. The quantitative estimate of drug-likeness (QED) is 0.946. The normalized spacial score (nSPS) is 15.1. The number of sulfonamides is 1. The third-order valence-electron chi connectivity index (χ3n) is 3.66. The van der Waals surface area contributed by atoms with Gasteiger partial charge in [-0.25, -0.2) is 13.6 Å². The molecule has 2 aromatic carbocycles. The van der Waals surface area contributed by atoms with Gasteiger partial charge < -0.3 is 0 Å². The van der Waals surface area contributed by atoms with Crippen molar-refractivity contribution in [2.45, 2.75) is 11.8 Å². The number of allylic oxidation sites excluding steroid dienone is 1. The first-order chi connectivity index (χ1) is 10.5. The molecule has 4 nitrogen and oxygen atoms in total. The summed E-state index contributed by atoms with van der Waals surface area (Å²) >= 11 is 0. The van der Waals surface area contributed by atoms with Gasteiger partial charge in [0.1, 0.15) is 0 Å². The highest BCUT2D eigenvalue weighted by molar-refractivity contribution is 7.89. The third-order valence-corrected chi connectivity index (χ3v) is 4.59. The lowest BCUT2D eigenvalue weighted by atomic mass is 9.94. The van der Waals surface area contributed by atoms with E-state index in [1.165, 1.54) is 17.7 Å². The van der Waals surface area contributed by atoms with E-state index < -0.39 is 10.0 Å². The molecule has 3 rings (SSSR count). The van der Waals surface area contributed by atoms with Crippen LogP contribution in [0.2, 0.25) is 0 Å². The van der Waals surface area contributed by atoms with E-state index in [2.05, 4.69) is 4.99 Å². The minimum Gasteiger partial charge on any atom is -0.280 e. The molecule has 1 aliphatic heterocycles. The second kappa shape index (κ2) is 5.51. The Labute approximate surface area is 130 Å². The Kier molecular flexibility index (Phi) is 3.68. The van der Waals surface area contributed by atoms with Gasteiger partial charge in [0, 0.05) is 11.1 Å². The summed E-state index contributed by atoms with van der Waals surface area (Å²) < 4.78 is 22.7. The van der Waals surface area contributed by atoms with Crippen molar-refractivity contribution in [3.63, 3.8) is 0 Å². The minimum absolute atomic E-state index is 0.116. The lowest BCUT2D eigenvalue weighted by molar-refractivity contribution is 0.598. The molecule has 0 saturated carbocycles. The van der Waals surface area contributed by atoms with Gasteiger partial charge >= 0.3 is 0 Å². The number of nitrogens with two attached hydrogens (primary N) is 1.